The van der Waals surface area contributed by atoms with Gasteiger partial charge in [0, 0.05) is 17.0 Å². The normalized spacial score (nSPS) is 15.9. The molecule has 0 aromatic heterocycles. The number of aliphatic carboxylic acids is 1. The highest BCUT2D eigenvalue weighted by Gasteiger charge is 2.43. The van der Waals surface area contributed by atoms with Gasteiger partial charge in [-0.05, 0) is 60.4 Å². The zero-order valence-corrected chi connectivity index (χ0v) is 19.4. The smallest absolute Gasteiger partial charge is 0.431 e. The van der Waals surface area contributed by atoms with Crippen molar-refractivity contribution < 1.29 is 27.5 Å². The van der Waals surface area contributed by atoms with Crippen molar-refractivity contribution in [1.29, 1.82) is 0 Å². The summed E-state index contributed by atoms with van der Waals surface area (Å²) in [7, 11) is 0. The Balaban J connectivity index is 1.54. The molecule has 0 amide bonds. The Bertz CT molecular complexity index is 1290. The van der Waals surface area contributed by atoms with Gasteiger partial charge in [-0.2, -0.15) is 18.3 Å². The van der Waals surface area contributed by atoms with Crippen LogP contribution in [0.4, 0.5) is 23.2 Å². The van der Waals surface area contributed by atoms with E-state index in [0.717, 1.165) is 21.7 Å². The second-order valence-corrected chi connectivity index (χ2v) is 8.88. The summed E-state index contributed by atoms with van der Waals surface area (Å²) in [6, 6.07) is 15.9. The maximum atomic E-state index is 14.2. The first-order valence-electron chi connectivity index (χ1n) is 10.8. The zero-order valence-electron chi connectivity index (χ0n) is 18.6. The summed E-state index contributed by atoms with van der Waals surface area (Å²) in [5.74, 6) is -1.53. The number of benzene rings is 3. The SMILES string of the molecule is Cc1ccc(F)c(-c2ccc(Cc3ccc(N4N=C(C(F)(F)F)CC4CC(=O)O)cc3)c(Cl)c2)c1. The number of rotatable bonds is 6. The quantitative estimate of drug-likeness (QED) is 0.367. The van der Waals surface area contributed by atoms with Crippen molar-refractivity contribution in [2.24, 2.45) is 5.10 Å². The molecule has 182 valence electrons. The fourth-order valence-corrected chi connectivity index (χ4v) is 4.32. The monoisotopic (exact) mass is 504 g/mol. The predicted molar refractivity (Wildman–Crippen MR) is 127 cm³/mol. The van der Waals surface area contributed by atoms with Gasteiger partial charge in [-0.25, -0.2) is 4.39 Å². The van der Waals surface area contributed by atoms with Crippen molar-refractivity contribution in [3.8, 4) is 11.1 Å². The fraction of sp³-hybridized carbons (Fsp3) is 0.231. The van der Waals surface area contributed by atoms with E-state index in [1.165, 1.54) is 6.07 Å². The van der Waals surface area contributed by atoms with E-state index >= 15 is 0 Å². The first kappa shape index (κ1) is 24.7. The highest BCUT2D eigenvalue weighted by molar-refractivity contribution is 6.31. The number of carboxylic acid groups (broad SMARTS) is 1. The van der Waals surface area contributed by atoms with Crippen LogP contribution in [0, 0.1) is 12.7 Å². The van der Waals surface area contributed by atoms with Gasteiger partial charge in [0.1, 0.15) is 11.5 Å². The molecule has 1 aliphatic rings. The minimum Gasteiger partial charge on any atom is -0.481 e. The number of hydrogen-bond donors (Lipinski definition) is 1. The maximum Gasteiger partial charge on any atom is 0.431 e. The summed E-state index contributed by atoms with van der Waals surface area (Å²) in [5, 5.41) is 14.3. The van der Waals surface area contributed by atoms with Gasteiger partial charge in [0.25, 0.3) is 0 Å². The molecule has 0 aliphatic carbocycles. The molecule has 35 heavy (non-hydrogen) atoms. The maximum absolute atomic E-state index is 14.2. The molecule has 0 bridgehead atoms. The summed E-state index contributed by atoms with van der Waals surface area (Å²) < 4.78 is 53.7. The van der Waals surface area contributed by atoms with Crippen molar-refractivity contribution in [3.05, 3.63) is 88.2 Å². The van der Waals surface area contributed by atoms with E-state index in [9.17, 15) is 22.4 Å². The van der Waals surface area contributed by atoms with Crippen LogP contribution in [0.1, 0.15) is 29.5 Å². The highest BCUT2D eigenvalue weighted by Crippen LogP contribution is 2.34. The predicted octanol–water partition coefficient (Wildman–Crippen LogP) is 7.02. The molecule has 0 fully saturated rings. The van der Waals surface area contributed by atoms with Gasteiger partial charge in [0.15, 0.2) is 0 Å². The van der Waals surface area contributed by atoms with Gasteiger partial charge >= 0.3 is 12.1 Å². The van der Waals surface area contributed by atoms with Gasteiger partial charge in [-0.3, -0.25) is 9.80 Å². The Morgan fingerprint density at radius 2 is 1.83 bits per heavy atom. The molecule has 0 saturated carbocycles. The van der Waals surface area contributed by atoms with Crippen LogP contribution >= 0.6 is 11.6 Å². The number of hydrogen-bond acceptors (Lipinski definition) is 3. The summed E-state index contributed by atoms with van der Waals surface area (Å²) in [6.07, 6.45) is -5.11. The van der Waals surface area contributed by atoms with Crippen LogP contribution in [0.15, 0.2) is 65.8 Å². The Morgan fingerprint density at radius 3 is 2.46 bits per heavy atom. The Morgan fingerprint density at radius 1 is 1.11 bits per heavy atom. The summed E-state index contributed by atoms with van der Waals surface area (Å²) in [4.78, 5) is 11.1. The first-order valence-corrected chi connectivity index (χ1v) is 11.2. The topological polar surface area (TPSA) is 52.9 Å². The molecule has 1 atom stereocenters. The van der Waals surface area contributed by atoms with Crippen molar-refractivity contribution in [3.63, 3.8) is 0 Å². The number of alkyl halides is 3. The third kappa shape index (κ3) is 5.65. The van der Waals surface area contributed by atoms with Crippen molar-refractivity contribution in [2.75, 3.05) is 5.01 Å². The molecule has 4 nitrogen and oxygen atoms in total. The second kappa shape index (κ2) is 9.70. The van der Waals surface area contributed by atoms with E-state index in [-0.39, 0.29) is 5.82 Å². The zero-order chi connectivity index (χ0) is 25.3. The lowest BCUT2D eigenvalue weighted by molar-refractivity contribution is -0.137. The average molecular weight is 505 g/mol. The number of hydrazone groups is 1. The first-order chi connectivity index (χ1) is 16.5. The van der Waals surface area contributed by atoms with Gasteiger partial charge in [-0.1, -0.05) is 47.5 Å². The Hall–Kier alpha value is -3.39. The van der Waals surface area contributed by atoms with E-state index in [2.05, 4.69) is 5.10 Å². The molecule has 3 aromatic carbocycles. The third-order valence-corrected chi connectivity index (χ3v) is 6.17. The number of halogens is 5. The van der Waals surface area contributed by atoms with Gasteiger partial charge < -0.3 is 5.11 Å². The Labute approximate surface area is 204 Å². The molecule has 1 heterocycles. The minimum absolute atomic E-state index is 0.338. The molecule has 9 heteroatoms. The number of carbonyl (C=O) groups is 1. The molecular weight excluding hydrogens is 484 g/mol. The lowest BCUT2D eigenvalue weighted by atomic mass is 9.98. The van der Waals surface area contributed by atoms with Crippen molar-refractivity contribution in [1.82, 2.24) is 0 Å². The van der Waals surface area contributed by atoms with E-state index in [4.69, 9.17) is 16.7 Å². The molecular formula is C26H21ClF4N2O2. The van der Waals surface area contributed by atoms with Crippen LogP contribution in [0.5, 0.6) is 0 Å². The van der Waals surface area contributed by atoms with Crippen LogP contribution in [0.3, 0.4) is 0 Å². The largest absolute Gasteiger partial charge is 0.481 e. The van der Waals surface area contributed by atoms with E-state index < -0.39 is 36.7 Å². The lowest BCUT2D eigenvalue weighted by Gasteiger charge is -2.22. The summed E-state index contributed by atoms with van der Waals surface area (Å²) in [6.45, 7) is 1.88. The molecule has 3 aromatic rings. The highest BCUT2D eigenvalue weighted by atomic mass is 35.5. The van der Waals surface area contributed by atoms with E-state index in [1.807, 2.05) is 13.0 Å². The molecule has 1 unspecified atom stereocenters. The molecule has 1 aliphatic heterocycles. The number of carboxylic acids is 1. The minimum atomic E-state index is -4.62. The summed E-state index contributed by atoms with van der Waals surface area (Å²) >= 11 is 6.47. The second-order valence-electron chi connectivity index (χ2n) is 8.48. The third-order valence-electron chi connectivity index (χ3n) is 5.82. The van der Waals surface area contributed by atoms with E-state index in [0.29, 0.717) is 28.3 Å². The lowest BCUT2D eigenvalue weighted by Crippen LogP contribution is -2.29. The number of aryl methyl sites for hydroxylation is 1. The standard InChI is InChI=1S/C26H21ClF4N2O2/c1-15-2-9-23(28)21(10-15)17-5-6-18(22(27)12-17)11-16-3-7-19(8-4-16)33-20(14-25(34)35)13-24(32-33)26(29,30)31/h2-10,12,20H,11,13-14H2,1H3,(H,34,35). The molecule has 0 saturated heterocycles. The van der Waals surface area contributed by atoms with Crippen LogP contribution in [-0.4, -0.2) is 29.0 Å². The fourth-order valence-electron chi connectivity index (χ4n) is 4.07. The van der Waals surface area contributed by atoms with Crippen LogP contribution < -0.4 is 5.01 Å². The van der Waals surface area contributed by atoms with E-state index in [1.54, 1.807) is 48.5 Å². The summed E-state index contributed by atoms with van der Waals surface area (Å²) in [5.41, 5.74) is 3.07. The van der Waals surface area contributed by atoms with Crippen LogP contribution in [0.25, 0.3) is 11.1 Å². The van der Waals surface area contributed by atoms with Crippen molar-refractivity contribution in [2.45, 2.75) is 38.4 Å². The molecule has 0 radical (unpaired) electrons. The van der Waals surface area contributed by atoms with Crippen molar-refractivity contribution >= 4 is 29.0 Å². The van der Waals surface area contributed by atoms with Gasteiger partial charge in [0.05, 0.1) is 18.2 Å². The Kier molecular flexibility index (Phi) is 6.85. The molecule has 0 spiro atoms. The number of anilines is 1. The number of nitrogens with zero attached hydrogens (tertiary/aromatic N) is 2. The van der Waals surface area contributed by atoms with Crippen LogP contribution in [0.2, 0.25) is 5.02 Å². The average Bonchev–Trinajstić information content (AvgIpc) is 3.21. The van der Waals surface area contributed by atoms with Gasteiger partial charge in [0.2, 0.25) is 0 Å². The molecule has 1 N–H and O–H groups in total. The van der Waals surface area contributed by atoms with Gasteiger partial charge in [-0.15, -0.1) is 0 Å². The molecule has 4 rings (SSSR count). The van der Waals surface area contributed by atoms with Crippen LogP contribution in [-0.2, 0) is 11.2 Å².